The highest BCUT2D eigenvalue weighted by molar-refractivity contribution is 7.09. The van der Waals surface area contributed by atoms with Crippen molar-refractivity contribution in [3.8, 4) is 0 Å². The Morgan fingerprint density at radius 2 is 2.11 bits per heavy atom. The van der Waals surface area contributed by atoms with Crippen molar-refractivity contribution in [1.82, 2.24) is 14.8 Å². The van der Waals surface area contributed by atoms with E-state index in [1.807, 2.05) is 17.0 Å². The number of hydrogen-bond acceptors (Lipinski definition) is 4. The van der Waals surface area contributed by atoms with Gasteiger partial charge < -0.3 is 5.11 Å². The first-order chi connectivity index (χ1) is 9.12. The lowest BCUT2D eigenvalue weighted by Gasteiger charge is -2.10. The third-order valence-corrected chi connectivity index (χ3v) is 3.95. The van der Waals surface area contributed by atoms with E-state index in [2.05, 4.69) is 30.0 Å². The van der Waals surface area contributed by atoms with Crippen LogP contribution in [0.15, 0.2) is 11.4 Å². The molecular weight excluding hydrogens is 258 g/mol. The van der Waals surface area contributed by atoms with Crippen LogP contribution in [0.25, 0.3) is 0 Å². The van der Waals surface area contributed by atoms with Gasteiger partial charge in [0.2, 0.25) is 0 Å². The van der Waals surface area contributed by atoms with Crippen molar-refractivity contribution in [1.29, 1.82) is 0 Å². The van der Waals surface area contributed by atoms with Crippen LogP contribution in [0, 0.1) is 6.92 Å². The summed E-state index contributed by atoms with van der Waals surface area (Å²) in [6.45, 7) is 7.00. The fraction of sp³-hybridized carbons (Fsp3) is 0.571. The van der Waals surface area contributed by atoms with Gasteiger partial charge in [0.25, 0.3) is 0 Å². The Morgan fingerprint density at radius 1 is 1.32 bits per heavy atom. The van der Waals surface area contributed by atoms with E-state index in [1.165, 1.54) is 0 Å². The minimum absolute atomic E-state index is 0.395. The fourth-order valence-electron chi connectivity index (χ4n) is 2.18. The Kier molecular flexibility index (Phi) is 4.71. The average molecular weight is 279 g/mol. The average Bonchev–Trinajstić information content (AvgIpc) is 2.95. The molecule has 4 nitrogen and oxygen atoms in total. The van der Waals surface area contributed by atoms with Crippen molar-refractivity contribution in [2.45, 2.75) is 52.7 Å². The number of aliphatic hydroxyl groups excluding tert-OH is 1. The number of thiazole rings is 1. The number of aryl methyl sites for hydroxylation is 3. The second-order valence-corrected chi connectivity index (χ2v) is 5.78. The molecule has 2 heterocycles. The summed E-state index contributed by atoms with van der Waals surface area (Å²) in [7, 11) is 0. The first kappa shape index (κ1) is 14.2. The molecule has 0 fully saturated rings. The number of aliphatic hydroxyl groups is 1. The second-order valence-electron chi connectivity index (χ2n) is 4.72. The molecule has 0 spiro atoms. The summed E-state index contributed by atoms with van der Waals surface area (Å²) >= 11 is 1.63. The molecule has 0 saturated carbocycles. The molecule has 2 rings (SSSR count). The van der Waals surface area contributed by atoms with E-state index < -0.39 is 6.10 Å². The molecule has 1 unspecified atom stereocenters. The van der Waals surface area contributed by atoms with E-state index >= 15 is 0 Å². The van der Waals surface area contributed by atoms with E-state index in [9.17, 15) is 5.11 Å². The molecule has 0 aliphatic carbocycles. The van der Waals surface area contributed by atoms with Crippen LogP contribution < -0.4 is 0 Å². The third kappa shape index (κ3) is 3.64. The highest BCUT2D eigenvalue weighted by Gasteiger charge is 2.13. The van der Waals surface area contributed by atoms with Gasteiger partial charge in [0, 0.05) is 30.5 Å². The van der Waals surface area contributed by atoms with E-state index in [4.69, 9.17) is 0 Å². The van der Waals surface area contributed by atoms with Gasteiger partial charge in [-0.2, -0.15) is 5.10 Å². The third-order valence-electron chi connectivity index (χ3n) is 3.13. The summed E-state index contributed by atoms with van der Waals surface area (Å²) in [6, 6.07) is 2.10. The molecule has 0 bridgehead atoms. The molecule has 104 valence electrons. The van der Waals surface area contributed by atoms with Crippen molar-refractivity contribution in [2.75, 3.05) is 0 Å². The predicted molar refractivity (Wildman–Crippen MR) is 77.5 cm³/mol. The predicted octanol–water partition coefficient (Wildman–Crippen LogP) is 2.38. The Bertz CT molecular complexity index is 533. The molecule has 1 atom stereocenters. The Labute approximate surface area is 118 Å². The molecule has 2 aromatic rings. The number of nitrogens with zero attached hydrogens (tertiary/aromatic N) is 3. The van der Waals surface area contributed by atoms with Crippen molar-refractivity contribution < 1.29 is 5.11 Å². The Morgan fingerprint density at radius 3 is 2.68 bits per heavy atom. The molecule has 2 aromatic heterocycles. The Hall–Kier alpha value is -1.20. The number of hydrogen-bond donors (Lipinski definition) is 1. The summed E-state index contributed by atoms with van der Waals surface area (Å²) in [5, 5.41) is 17.8. The van der Waals surface area contributed by atoms with Gasteiger partial charge in [-0.15, -0.1) is 11.3 Å². The second kappa shape index (κ2) is 6.30. The van der Waals surface area contributed by atoms with Gasteiger partial charge in [0.15, 0.2) is 0 Å². The van der Waals surface area contributed by atoms with Gasteiger partial charge in [0.1, 0.15) is 0 Å². The first-order valence-corrected chi connectivity index (χ1v) is 7.65. The summed E-state index contributed by atoms with van der Waals surface area (Å²) in [4.78, 5) is 4.39. The van der Waals surface area contributed by atoms with Crippen LogP contribution in [-0.4, -0.2) is 26.0 Å². The van der Waals surface area contributed by atoms with Gasteiger partial charge in [-0.1, -0.05) is 6.92 Å². The lowest BCUT2D eigenvalue weighted by atomic mass is 10.1. The van der Waals surface area contributed by atoms with E-state index in [0.29, 0.717) is 12.8 Å². The maximum atomic E-state index is 10.2. The summed E-state index contributed by atoms with van der Waals surface area (Å²) in [6.07, 6.45) is 1.78. The van der Waals surface area contributed by atoms with Gasteiger partial charge in [-0.25, -0.2) is 4.98 Å². The van der Waals surface area contributed by atoms with Crippen LogP contribution in [0.4, 0.5) is 0 Å². The van der Waals surface area contributed by atoms with Gasteiger partial charge in [-0.3, -0.25) is 4.68 Å². The highest BCUT2D eigenvalue weighted by atomic mass is 32.1. The summed E-state index contributed by atoms with van der Waals surface area (Å²) in [5.41, 5.74) is 3.18. The fourth-order valence-corrected chi connectivity index (χ4v) is 2.81. The van der Waals surface area contributed by atoms with E-state index in [-0.39, 0.29) is 0 Å². The van der Waals surface area contributed by atoms with Crippen LogP contribution in [0.5, 0.6) is 0 Å². The SMILES string of the molecule is CCc1cc(CC(O)Cc2csc(C)n2)n(CC)n1. The van der Waals surface area contributed by atoms with E-state index in [0.717, 1.165) is 35.1 Å². The first-order valence-electron chi connectivity index (χ1n) is 6.77. The monoisotopic (exact) mass is 279 g/mol. The maximum absolute atomic E-state index is 10.2. The normalized spacial score (nSPS) is 12.8. The molecule has 5 heteroatoms. The Balaban J connectivity index is 2.01. The van der Waals surface area contributed by atoms with Crippen molar-refractivity contribution in [2.24, 2.45) is 0 Å². The van der Waals surface area contributed by atoms with Crippen LogP contribution in [0.1, 0.15) is 35.9 Å². The van der Waals surface area contributed by atoms with Crippen molar-refractivity contribution in [3.05, 3.63) is 33.5 Å². The van der Waals surface area contributed by atoms with Crippen LogP contribution in [0.3, 0.4) is 0 Å². The zero-order valence-electron chi connectivity index (χ0n) is 11.8. The molecule has 0 aromatic carbocycles. The lowest BCUT2D eigenvalue weighted by molar-refractivity contribution is 0.171. The van der Waals surface area contributed by atoms with E-state index in [1.54, 1.807) is 11.3 Å². The summed E-state index contributed by atoms with van der Waals surface area (Å²) in [5.74, 6) is 0. The summed E-state index contributed by atoms with van der Waals surface area (Å²) < 4.78 is 1.98. The van der Waals surface area contributed by atoms with Crippen molar-refractivity contribution in [3.63, 3.8) is 0 Å². The van der Waals surface area contributed by atoms with Gasteiger partial charge >= 0.3 is 0 Å². The molecule has 0 radical (unpaired) electrons. The number of aromatic nitrogens is 3. The standard InChI is InChI=1S/C14H21N3OS/c1-4-11-6-13(17(5-2)16-11)8-14(18)7-12-9-19-10(3)15-12/h6,9,14,18H,4-5,7-8H2,1-3H3. The molecule has 0 amide bonds. The van der Waals surface area contributed by atoms with Crippen LogP contribution >= 0.6 is 11.3 Å². The minimum atomic E-state index is -0.395. The van der Waals surface area contributed by atoms with Crippen LogP contribution in [0.2, 0.25) is 0 Å². The molecular formula is C14H21N3OS. The van der Waals surface area contributed by atoms with Gasteiger partial charge in [0.05, 0.1) is 22.5 Å². The van der Waals surface area contributed by atoms with Gasteiger partial charge in [-0.05, 0) is 26.3 Å². The lowest BCUT2D eigenvalue weighted by Crippen LogP contribution is -2.17. The smallest absolute Gasteiger partial charge is 0.0897 e. The largest absolute Gasteiger partial charge is 0.392 e. The molecule has 0 aliphatic rings. The van der Waals surface area contributed by atoms with Crippen molar-refractivity contribution >= 4 is 11.3 Å². The molecule has 1 N–H and O–H groups in total. The topological polar surface area (TPSA) is 50.9 Å². The quantitative estimate of drug-likeness (QED) is 0.883. The molecule has 0 saturated heterocycles. The zero-order chi connectivity index (χ0) is 13.8. The molecule has 0 aliphatic heterocycles. The highest BCUT2D eigenvalue weighted by Crippen LogP contribution is 2.13. The number of rotatable bonds is 6. The zero-order valence-corrected chi connectivity index (χ0v) is 12.6. The maximum Gasteiger partial charge on any atom is 0.0897 e. The molecule has 19 heavy (non-hydrogen) atoms. The minimum Gasteiger partial charge on any atom is -0.392 e. The van der Waals surface area contributed by atoms with Crippen LogP contribution in [-0.2, 0) is 25.8 Å².